The summed E-state index contributed by atoms with van der Waals surface area (Å²) in [6.07, 6.45) is 1.74. The summed E-state index contributed by atoms with van der Waals surface area (Å²) in [5, 5.41) is 2.10. The van der Waals surface area contributed by atoms with Gasteiger partial charge in [-0.25, -0.2) is 0 Å². The Kier molecular flexibility index (Phi) is 5.17. The summed E-state index contributed by atoms with van der Waals surface area (Å²) in [5.74, 6) is 0.431. The molecule has 4 nitrogen and oxygen atoms in total. The predicted molar refractivity (Wildman–Crippen MR) is 113 cm³/mol. The maximum Gasteiger partial charge on any atom is 0.293 e. The zero-order chi connectivity index (χ0) is 19.5. The number of benzene rings is 3. The van der Waals surface area contributed by atoms with Gasteiger partial charge in [0.2, 0.25) is 0 Å². The normalized spacial score (nSPS) is 15.6. The summed E-state index contributed by atoms with van der Waals surface area (Å²) < 4.78 is 6.09. The Morgan fingerprint density at radius 1 is 0.964 bits per heavy atom. The fourth-order valence-corrected chi connectivity index (χ4v) is 4.11. The van der Waals surface area contributed by atoms with Gasteiger partial charge in [-0.3, -0.25) is 14.5 Å². The number of hydrogen-bond donors (Lipinski definition) is 0. The van der Waals surface area contributed by atoms with Crippen molar-refractivity contribution in [1.82, 2.24) is 4.90 Å². The average molecular weight is 389 g/mol. The highest BCUT2D eigenvalue weighted by Crippen LogP contribution is 2.34. The topological polar surface area (TPSA) is 46.6 Å². The van der Waals surface area contributed by atoms with Crippen LogP contribution in [0.3, 0.4) is 0 Å². The molecule has 0 aliphatic carbocycles. The molecular formula is C23H19NO3S. The standard InChI is InChI=1S/C23H19NO3S/c1-2-24-22(25)21(28-23(24)26)14-17-9-4-6-13-20(17)27-15-18-11-7-10-16-8-3-5-12-19(16)18/h3-14H,2,15H2,1H3/b21-14+. The number of fused-ring (bicyclic) bond motifs is 1. The van der Waals surface area contributed by atoms with Crippen LogP contribution in [-0.2, 0) is 11.4 Å². The van der Waals surface area contributed by atoms with Crippen LogP contribution >= 0.6 is 11.8 Å². The lowest BCUT2D eigenvalue weighted by Crippen LogP contribution is -2.27. The van der Waals surface area contributed by atoms with Gasteiger partial charge in [0, 0.05) is 12.1 Å². The van der Waals surface area contributed by atoms with Gasteiger partial charge >= 0.3 is 0 Å². The van der Waals surface area contributed by atoms with Crippen molar-refractivity contribution in [3.8, 4) is 5.75 Å². The maximum absolute atomic E-state index is 12.4. The first-order valence-corrected chi connectivity index (χ1v) is 9.93. The van der Waals surface area contributed by atoms with E-state index in [4.69, 9.17) is 4.74 Å². The summed E-state index contributed by atoms with van der Waals surface area (Å²) in [6.45, 7) is 2.59. The first-order valence-electron chi connectivity index (χ1n) is 9.11. The SMILES string of the molecule is CCN1C(=O)S/C(=C/c2ccccc2OCc2cccc3ccccc23)C1=O. The van der Waals surface area contributed by atoms with E-state index in [0.29, 0.717) is 23.8 Å². The second-order valence-corrected chi connectivity index (χ2v) is 7.38. The van der Waals surface area contributed by atoms with Gasteiger partial charge in [0.15, 0.2) is 0 Å². The predicted octanol–water partition coefficient (Wildman–Crippen LogP) is 5.48. The molecule has 0 bridgehead atoms. The molecule has 2 amide bonds. The number of rotatable bonds is 5. The number of imide groups is 1. The minimum atomic E-state index is -0.249. The Labute approximate surface area is 167 Å². The van der Waals surface area contributed by atoms with Crippen LogP contribution in [0.4, 0.5) is 4.79 Å². The van der Waals surface area contributed by atoms with Gasteiger partial charge in [0.1, 0.15) is 12.4 Å². The molecule has 1 heterocycles. The Balaban J connectivity index is 1.60. The molecule has 5 heteroatoms. The fourth-order valence-electron chi connectivity index (χ4n) is 3.22. The van der Waals surface area contributed by atoms with E-state index in [1.807, 2.05) is 42.5 Å². The minimum absolute atomic E-state index is 0.229. The minimum Gasteiger partial charge on any atom is -0.488 e. The average Bonchev–Trinajstić information content (AvgIpc) is 2.99. The van der Waals surface area contributed by atoms with Gasteiger partial charge in [0.05, 0.1) is 4.91 Å². The van der Waals surface area contributed by atoms with Gasteiger partial charge in [-0.15, -0.1) is 0 Å². The van der Waals surface area contributed by atoms with Crippen molar-refractivity contribution >= 4 is 39.8 Å². The summed E-state index contributed by atoms with van der Waals surface area (Å²) in [6, 6.07) is 21.9. The molecule has 0 atom stereocenters. The Morgan fingerprint density at radius 2 is 1.71 bits per heavy atom. The van der Waals surface area contributed by atoms with E-state index in [1.54, 1.807) is 13.0 Å². The largest absolute Gasteiger partial charge is 0.488 e. The van der Waals surface area contributed by atoms with Crippen LogP contribution < -0.4 is 4.74 Å². The summed E-state index contributed by atoms with van der Waals surface area (Å²) in [5.41, 5.74) is 1.88. The molecule has 0 spiro atoms. The van der Waals surface area contributed by atoms with Crippen LogP contribution in [0.15, 0.2) is 71.6 Å². The molecule has 1 aliphatic heterocycles. The Bertz CT molecular complexity index is 1080. The molecule has 1 fully saturated rings. The third-order valence-electron chi connectivity index (χ3n) is 4.66. The van der Waals surface area contributed by atoms with Crippen LogP contribution in [-0.4, -0.2) is 22.6 Å². The van der Waals surface area contributed by atoms with Crippen LogP contribution in [0.1, 0.15) is 18.1 Å². The molecular weight excluding hydrogens is 370 g/mol. The molecule has 1 saturated heterocycles. The number of likely N-dealkylation sites (N-methyl/N-ethyl adjacent to an activating group) is 1. The van der Waals surface area contributed by atoms with Crippen molar-refractivity contribution in [3.05, 3.63) is 82.8 Å². The first kappa shape index (κ1) is 18.3. The lowest BCUT2D eigenvalue weighted by atomic mass is 10.1. The third kappa shape index (κ3) is 3.53. The fraction of sp³-hybridized carbons (Fsp3) is 0.130. The van der Waals surface area contributed by atoms with Gasteiger partial charge in [0.25, 0.3) is 11.1 Å². The monoisotopic (exact) mass is 389 g/mol. The third-order valence-corrected chi connectivity index (χ3v) is 5.57. The van der Waals surface area contributed by atoms with E-state index in [0.717, 1.165) is 28.3 Å². The van der Waals surface area contributed by atoms with Gasteiger partial charge in [-0.1, -0.05) is 60.7 Å². The second-order valence-electron chi connectivity index (χ2n) is 6.39. The first-order chi connectivity index (χ1) is 13.7. The molecule has 1 aliphatic rings. The van der Waals surface area contributed by atoms with Crippen LogP contribution in [0, 0.1) is 0 Å². The van der Waals surface area contributed by atoms with Crippen molar-refractivity contribution in [3.63, 3.8) is 0 Å². The number of para-hydroxylation sites is 1. The molecule has 0 unspecified atom stereocenters. The molecule has 0 N–H and O–H groups in total. The molecule has 3 aromatic carbocycles. The summed E-state index contributed by atoms with van der Waals surface area (Å²) in [4.78, 5) is 26.0. The molecule has 0 saturated carbocycles. The second kappa shape index (κ2) is 7.90. The van der Waals surface area contributed by atoms with Crippen LogP contribution in [0.5, 0.6) is 5.75 Å². The van der Waals surface area contributed by atoms with Crippen molar-refractivity contribution < 1.29 is 14.3 Å². The van der Waals surface area contributed by atoms with Crippen molar-refractivity contribution in [1.29, 1.82) is 0 Å². The molecule has 28 heavy (non-hydrogen) atoms. The quantitative estimate of drug-likeness (QED) is 0.543. The van der Waals surface area contributed by atoms with E-state index in [1.165, 1.54) is 10.3 Å². The van der Waals surface area contributed by atoms with E-state index in [-0.39, 0.29) is 11.1 Å². The number of nitrogens with zero attached hydrogens (tertiary/aromatic N) is 1. The van der Waals surface area contributed by atoms with Crippen molar-refractivity contribution in [2.24, 2.45) is 0 Å². The molecule has 140 valence electrons. The highest BCUT2D eigenvalue weighted by Gasteiger charge is 2.33. The number of ether oxygens (including phenoxy) is 1. The molecule has 4 rings (SSSR count). The lowest BCUT2D eigenvalue weighted by Gasteiger charge is -2.11. The van der Waals surface area contributed by atoms with Gasteiger partial charge < -0.3 is 4.74 Å². The molecule has 0 radical (unpaired) electrons. The number of hydrogen-bond acceptors (Lipinski definition) is 4. The van der Waals surface area contributed by atoms with Crippen LogP contribution in [0.25, 0.3) is 16.8 Å². The number of amides is 2. The lowest BCUT2D eigenvalue weighted by molar-refractivity contribution is -0.122. The van der Waals surface area contributed by atoms with E-state index in [2.05, 4.69) is 24.3 Å². The number of thioether (sulfide) groups is 1. The summed E-state index contributed by atoms with van der Waals surface area (Å²) in [7, 11) is 0. The van der Waals surface area contributed by atoms with Gasteiger partial charge in [-0.05, 0) is 47.2 Å². The summed E-state index contributed by atoms with van der Waals surface area (Å²) >= 11 is 0.969. The van der Waals surface area contributed by atoms with Crippen molar-refractivity contribution in [2.45, 2.75) is 13.5 Å². The van der Waals surface area contributed by atoms with Gasteiger partial charge in [-0.2, -0.15) is 0 Å². The zero-order valence-electron chi connectivity index (χ0n) is 15.4. The zero-order valence-corrected chi connectivity index (χ0v) is 16.2. The molecule has 0 aromatic heterocycles. The van der Waals surface area contributed by atoms with E-state index in [9.17, 15) is 9.59 Å². The number of carbonyl (C=O) groups excluding carboxylic acids is 2. The highest BCUT2D eigenvalue weighted by atomic mass is 32.2. The number of carbonyl (C=O) groups is 2. The maximum atomic E-state index is 12.4. The highest BCUT2D eigenvalue weighted by molar-refractivity contribution is 8.18. The molecule has 3 aromatic rings. The van der Waals surface area contributed by atoms with E-state index < -0.39 is 0 Å². The Hall–Kier alpha value is -3.05. The van der Waals surface area contributed by atoms with Crippen LogP contribution in [0.2, 0.25) is 0 Å². The van der Waals surface area contributed by atoms with Crippen molar-refractivity contribution in [2.75, 3.05) is 6.54 Å². The van der Waals surface area contributed by atoms with E-state index >= 15 is 0 Å². The Morgan fingerprint density at radius 3 is 2.54 bits per heavy atom. The smallest absolute Gasteiger partial charge is 0.293 e.